The van der Waals surface area contributed by atoms with Gasteiger partial charge in [-0.05, 0) is 24.7 Å². The third-order valence-electron chi connectivity index (χ3n) is 2.51. The van der Waals surface area contributed by atoms with E-state index in [1.54, 1.807) is 0 Å². The minimum absolute atomic E-state index is 0.497. The number of hydrogen-bond acceptors (Lipinski definition) is 1. The Morgan fingerprint density at radius 3 is 1.58 bits per heavy atom. The summed E-state index contributed by atoms with van der Waals surface area (Å²) in [7, 11) is 0. The van der Waals surface area contributed by atoms with Crippen LogP contribution in [0.3, 0.4) is 0 Å². The van der Waals surface area contributed by atoms with E-state index in [1.165, 1.54) is 25.7 Å². The smallest absolute Gasteiger partial charge is 0.0145 e. The zero-order valence-corrected chi connectivity index (χ0v) is 8.98. The average Bonchev–Trinajstić information content (AvgIpc) is 2.04. The van der Waals surface area contributed by atoms with Gasteiger partial charge in [-0.1, -0.05) is 40.5 Å². The van der Waals surface area contributed by atoms with Crippen molar-refractivity contribution in [3.05, 3.63) is 0 Å². The predicted molar refractivity (Wildman–Crippen MR) is 55.9 cm³/mol. The van der Waals surface area contributed by atoms with Gasteiger partial charge < -0.3 is 5.41 Å². The molecule has 0 aromatic carbocycles. The highest BCUT2D eigenvalue weighted by atomic mass is 14.5. The Bertz CT molecular complexity index is 115. The van der Waals surface area contributed by atoms with Crippen molar-refractivity contribution in [3.63, 3.8) is 0 Å². The lowest BCUT2D eigenvalue weighted by Gasteiger charge is -2.17. The van der Waals surface area contributed by atoms with Crippen LogP contribution in [-0.4, -0.2) is 5.71 Å². The number of hydrogen-bond donors (Lipinski definition) is 1. The van der Waals surface area contributed by atoms with Gasteiger partial charge in [0.15, 0.2) is 0 Å². The van der Waals surface area contributed by atoms with Crippen LogP contribution in [0.25, 0.3) is 0 Å². The van der Waals surface area contributed by atoms with Crippen molar-refractivity contribution in [3.8, 4) is 0 Å². The maximum atomic E-state index is 7.91. The second-order valence-electron chi connectivity index (χ2n) is 3.83. The molecule has 2 unspecified atom stereocenters. The summed E-state index contributed by atoms with van der Waals surface area (Å²) in [5.74, 6) is 0.994. The molecule has 2 atom stereocenters. The highest BCUT2D eigenvalue weighted by molar-refractivity contribution is 5.85. The summed E-state index contributed by atoms with van der Waals surface area (Å²) in [6, 6.07) is 0. The highest BCUT2D eigenvalue weighted by Crippen LogP contribution is 2.16. The maximum absolute atomic E-state index is 7.91. The molecule has 0 aromatic heterocycles. The minimum atomic E-state index is 0.497. The highest BCUT2D eigenvalue weighted by Gasteiger charge is 2.13. The largest absolute Gasteiger partial charge is 0.309 e. The molecule has 0 aromatic rings. The van der Waals surface area contributed by atoms with E-state index >= 15 is 0 Å². The van der Waals surface area contributed by atoms with Crippen LogP contribution in [0, 0.1) is 17.2 Å². The Balaban J connectivity index is 3.82. The normalized spacial score (nSPS) is 15.7. The molecule has 0 aliphatic heterocycles. The first-order chi connectivity index (χ1) is 5.63. The molecule has 0 amide bonds. The van der Waals surface area contributed by atoms with Gasteiger partial charge in [0.25, 0.3) is 0 Å². The van der Waals surface area contributed by atoms with Crippen molar-refractivity contribution in [2.24, 2.45) is 11.8 Å². The third kappa shape index (κ3) is 3.89. The summed E-state index contributed by atoms with van der Waals surface area (Å²) in [6.07, 6.45) is 4.74. The molecule has 0 saturated heterocycles. The molecule has 0 heterocycles. The lowest BCUT2D eigenvalue weighted by molar-refractivity contribution is 0.584. The fourth-order valence-corrected chi connectivity index (χ4v) is 1.66. The Morgan fingerprint density at radius 2 is 1.33 bits per heavy atom. The summed E-state index contributed by atoms with van der Waals surface area (Å²) < 4.78 is 0. The first-order valence-corrected chi connectivity index (χ1v) is 5.21. The summed E-state index contributed by atoms with van der Waals surface area (Å²) in [6.45, 7) is 8.73. The second kappa shape index (κ2) is 6.22. The van der Waals surface area contributed by atoms with Gasteiger partial charge in [-0.3, -0.25) is 0 Å². The van der Waals surface area contributed by atoms with Crippen LogP contribution in [0.5, 0.6) is 0 Å². The third-order valence-corrected chi connectivity index (χ3v) is 2.51. The monoisotopic (exact) mass is 169 g/mol. The van der Waals surface area contributed by atoms with Gasteiger partial charge >= 0.3 is 0 Å². The summed E-state index contributed by atoms with van der Waals surface area (Å²) >= 11 is 0. The van der Waals surface area contributed by atoms with Crippen molar-refractivity contribution < 1.29 is 0 Å². The number of nitrogens with one attached hydrogen (secondary N) is 1. The van der Waals surface area contributed by atoms with Crippen LogP contribution in [0.2, 0.25) is 0 Å². The van der Waals surface area contributed by atoms with E-state index in [1.807, 2.05) is 0 Å². The molecular weight excluding hydrogens is 146 g/mol. The molecule has 0 radical (unpaired) electrons. The fraction of sp³-hybridized carbons (Fsp3) is 0.909. The first kappa shape index (κ1) is 11.7. The zero-order chi connectivity index (χ0) is 9.56. The van der Waals surface area contributed by atoms with E-state index in [4.69, 9.17) is 5.41 Å². The average molecular weight is 169 g/mol. The summed E-state index contributed by atoms with van der Waals surface area (Å²) in [5.41, 5.74) is 0.957. The van der Waals surface area contributed by atoms with E-state index in [2.05, 4.69) is 27.7 Å². The Kier molecular flexibility index (Phi) is 6.04. The summed E-state index contributed by atoms with van der Waals surface area (Å²) in [5, 5.41) is 7.91. The van der Waals surface area contributed by atoms with Crippen LogP contribution in [0.15, 0.2) is 0 Å². The zero-order valence-electron chi connectivity index (χ0n) is 8.98. The molecule has 0 fully saturated rings. The topological polar surface area (TPSA) is 23.9 Å². The van der Waals surface area contributed by atoms with Crippen molar-refractivity contribution in [2.45, 2.75) is 53.4 Å². The predicted octanol–water partition coefficient (Wildman–Crippen LogP) is 3.88. The van der Waals surface area contributed by atoms with Crippen molar-refractivity contribution in [1.82, 2.24) is 0 Å². The van der Waals surface area contributed by atoms with Crippen molar-refractivity contribution >= 4 is 5.71 Å². The van der Waals surface area contributed by atoms with Gasteiger partial charge in [-0.15, -0.1) is 0 Å². The van der Waals surface area contributed by atoms with Crippen LogP contribution >= 0.6 is 0 Å². The maximum Gasteiger partial charge on any atom is 0.0145 e. The molecule has 0 spiro atoms. The molecule has 1 heteroatoms. The van der Waals surface area contributed by atoms with E-state index in [0.717, 1.165) is 5.71 Å². The minimum Gasteiger partial charge on any atom is -0.309 e. The Labute approximate surface area is 77.1 Å². The van der Waals surface area contributed by atoms with E-state index in [9.17, 15) is 0 Å². The van der Waals surface area contributed by atoms with Crippen molar-refractivity contribution in [2.75, 3.05) is 0 Å². The molecule has 12 heavy (non-hydrogen) atoms. The lowest BCUT2D eigenvalue weighted by atomic mass is 9.89. The first-order valence-electron chi connectivity index (χ1n) is 5.21. The van der Waals surface area contributed by atoms with Crippen molar-refractivity contribution in [1.29, 1.82) is 5.41 Å². The molecule has 0 aliphatic carbocycles. The van der Waals surface area contributed by atoms with Crippen LogP contribution in [0.4, 0.5) is 0 Å². The molecule has 0 aliphatic rings. The Morgan fingerprint density at radius 1 is 1.00 bits per heavy atom. The van der Waals surface area contributed by atoms with Gasteiger partial charge in [-0.2, -0.15) is 0 Å². The lowest BCUT2D eigenvalue weighted by Crippen LogP contribution is -2.18. The van der Waals surface area contributed by atoms with Crippen LogP contribution in [0.1, 0.15) is 53.4 Å². The molecule has 1 nitrogen and oxygen atoms in total. The Hall–Kier alpha value is -0.330. The van der Waals surface area contributed by atoms with E-state index in [-0.39, 0.29) is 0 Å². The molecule has 0 rings (SSSR count). The molecule has 0 saturated carbocycles. The van der Waals surface area contributed by atoms with Gasteiger partial charge in [0.2, 0.25) is 0 Å². The van der Waals surface area contributed by atoms with Crippen LogP contribution in [-0.2, 0) is 0 Å². The van der Waals surface area contributed by atoms with Gasteiger partial charge in [0.1, 0.15) is 0 Å². The SMILES string of the molecule is CCCC(C)C(=N)C(C)CCC. The van der Waals surface area contributed by atoms with Gasteiger partial charge in [-0.25, -0.2) is 0 Å². The molecular formula is C11H23N. The van der Waals surface area contributed by atoms with E-state index in [0.29, 0.717) is 11.8 Å². The van der Waals surface area contributed by atoms with Crippen LogP contribution < -0.4 is 0 Å². The quantitative estimate of drug-likeness (QED) is 0.583. The van der Waals surface area contributed by atoms with Gasteiger partial charge in [0.05, 0.1) is 0 Å². The molecule has 1 N–H and O–H groups in total. The summed E-state index contributed by atoms with van der Waals surface area (Å²) in [4.78, 5) is 0. The second-order valence-corrected chi connectivity index (χ2v) is 3.83. The van der Waals surface area contributed by atoms with Gasteiger partial charge in [0, 0.05) is 5.71 Å². The standard InChI is InChI=1S/C11H23N/c1-5-7-9(3)11(12)10(4)8-6-2/h9-10,12H,5-8H2,1-4H3. The molecule has 0 bridgehead atoms. The number of rotatable bonds is 6. The fourth-order valence-electron chi connectivity index (χ4n) is 1.66. The van der Waals surface area contributed by atoms with E-state index < -0.39 is 0 Å². The molecule has 72 valence electrons.